The Morgan fingerprint density at radius 3 is 2.30 bits per heavy atom. The highest BCUT2D eigenvalue weighted by Crippen LogP contribution is 2.18. The molecule has 0 aliphatic heterocycles. The quantitative estimate of drug-likeness (QED) is 0.852. The second-order valence-electron chi connectivity index (χ2n) is 4.60. The van der Waals surface area contributed by atoms with Crippen molar-refractivity contribution in [3.63, 3.8) is 0 Å². The van der Waals surface area contributed by atoms with Gasteiger partial charge in [0.05, 0.1) is 7.11 Å². The molecule has 0 radical (unpaired) electrons. The van der Waals surface area contributed by atoms with Gasteiger partial charge in [0.25, 0.3) is 0 Å². The summed E-state index contributed by atoms with van der Waals surface area (Å²) in [5.74, 6) is -0.246. The number of benzene rings is 2. The molecule has 0 aromatic heterocycles. The van der Waals surface area contributed by atoms with Gasteiger partial charge in [-0.2, -0.15) is 0 Å². The van der Waals surface area contributed by atoms with Crippen molar-refractivity contribution in [2.24, 2.45) is 0 Å². The third-order valence-electron chi connectivity index (χ3n) is 3.00. The van der Waals surface area contributed by atoms with E-state index in [1.807, 2.05) is 12.1 Å². The van der Waals surface area contributed by atoms with Gasteiger partial charge in [0.15, 0.2) is 11.6 Å². The Hall–Kier alpha value is -2.36. The molecule has 0 saturated heterocycles. The average molecular weight is 273 g/mol. The number of Topliss-reactive ketones (excluding diaryl/α,β-unsaturated/α-hetero) is 1. The van der Waals surface area contributed by atoms with Crippen molar-refractivity contribution in [1.29, 1.82) is 0 Å². The van der Waals surface area contributed by atoms with E-state index >= 15 is 0 Å². The number of hydrogen-bond donors (Lipinski definition) is 1. The van der Waals surface area contributed by atoms with Crippen LogP contribution in [0, 0.1) is 5.82 Å². The molecular weight excluding hydrogens is 257 g/mol. The molecule has 2 aromatic carbocycles. The van der Waals surface area contributed by atoms with E-state index in [1.54, 1.807) is 18.2 Å². The van der Waals surface area contributed by atoms with Crippen LogP contribution in [-0.2, 0) is 17.6 Å². The second-order valence-corrected chi connectivity index (χ2v) is 4.60. The molecule has 2 N–H and O–H groups in total. The number of halogens is 1. The van der Waals surface area contributed by atoms with Crippen LogP contribution in [0.3, 0.4) is 0 Å². The summed E-state index contributed by atoms with van der Waals surface area (Å²) in [6.07, 6.45) is 0.513. The normalized spacial score (nSPS) is 10.3. The minimum Gasteiger partial charge on any atom is -0.494 e. The zero-order valence-electron chi connectivity index (χ0n) is 11.2. The van der Waals surface area contributed by atoms with Crippen LogP contribution in [-0.4, -0.2) is 12.9 Å². The molecule has 2 aromatic rings. The Labute approximate surface area is 117 Å². The molecule has 20 heavy (non-hydrogen) atoms. The molecule has 3 nitrogen and oxygen atoms in total. The number of carbonyl (C=O) groups is 1. The van der Waals surface area contributed by atoms with Gasteiger partial charge < -0.3 is 10.5 Å². The maximum atomic E-state index is 13.5. The van der Waals surface area contributed by atoms with Crippen molar-refractivity contribution in [3.8, 4) is 5.75 Å². The second kappa shape index (κ2) is 6.19. The van der Waals surface area contributed by atoms with Crippen LogP contribution in [0.5, 0.6) is 5.75 Å². The average Bonchev–Trinajstić information content (AvgIpc) is 2.41. The van der Waals surface area contributed by atoms with Gasteiger partial charge in [-0.1, -0.05) is 18.2 Å². The predicted octanol–water partition coefficient (Wildman–Crippen LogP) is 2.77. The van der Waals surface area contributed by atoms with E-state index in [0.29, 0.717) is 17.7 Å². The Morgan fingerprint density at radius 1 is 1.10 bits per heavy atom. The summed E-state index contributed by atoms with van der Waals surface area (Å²) >= 11 is 0. The fourth-order valence-corrected chi connectivity index (χ4v) is 1.97. The lowest BCUT2D eigenvalue weighted by atomic mass is 10.0. The van der Waals surface area contributed by atoms with E-state index in [1.165, 1.54) is 19.2 Å². The number of ketones is 1. The van der Waals surface area contributed by atoms with Gasteiger partial charge in [0, 0.05) is 18.5 Å². The summed E-state index contributed by atoms with van der Waals surface area (Å²) < 4.78 is 18.4. The summed E-state index contributed by atoms with van der Waals surface area (Å²) in [6, 6.07) is 11.7. The number of ether oxygens (including phenoxy) is 1. The first-order valence-electron chi connectivity index (χ1n) is 6.27. The first kappa shape index (κ1) is 14.1. The summed E-state index contributed by atoms with van der Waals surface area (Å²) in [6.45, 7) is 0. The molecule has 0 fully saturated rings. The van der Waals surface area contributed by atoms with Gasteiger partial charge in [-0.3, -0.25) is 4.79 Å². The number of rotatable bonds is 5. The molecule has 0 heterocycles. The highest BCUT2D eigenvalue weighted by atomic mass is 19.1. The maximum absolute atomic E-state index is 13.5. The van der Waals surface area contributed by atoms with E-state index in [9.17, 15) is 9.18 Å². The maximum Gasteiger partial charge on any atom is 0.165 e. The van der Waals surface area contributed by atoms with Crippen molar-refractivity contribution in [1.82, 2.24) is 0 Å². The Morgan fingerprint density at radius 2 is 1.70 bits per heavy atom. The van der Waals surface area contributed by atoms with Crippen LogP contribution in [0.2, 0.25) is 0 Å². The molecular formula is C16H16FNO2. The zero-order valence-corrected chi connectivity index (χ0v) is 11.2. The molecule has 0 atom stereocenters. The Kier molecular flexibility index (Phi) is 4.35. The fourth-order valence-electron chi connectivity index (χ4n) is 1.97. The number of hydrogen-bond acceptors (Lipinski definition) is 3. The Bertz CT molecular complexity index is 608. The fraction of sp³-hybridized carbons (Fsp3) is 0.188. The van der Waals surface area contributed by atoms with Crippen LogP contribution in [0.25, 0.3) is 0 Å². The topological polar surface area (TPSA) is 52.3 Å². The minimum absolute atomic E-state index is 0.0272. The van der Waals surface area contributed by atoms with Crippen LogP contribution in [0.4, 0.5) is 10.1 Å². The summed E-state index contributed by atoms with van der Waals surface area (Å²) in [4.78, 5) is 11.9. The number of methoxy groups -OCH3 is 1. The molecule has 0 bridgehead atoms. The minimum atomic E-state index is -0.453. The van der Waals surface area contributed by atoms with Gasteiger partial charge in [0.1, 0.15) is 5.78 Å². The summed E-state index contributed by atoms with van der Waals surface area (Å²) in [7, 11) is 1.41. The number of nitrogen functional groups attached to an aromatic ring is 1. The monoisotopic (exact) mass is 273 g/mol. The molecule has 0 aliphatic carbocycles. The van der Waals surface area contributed by atoms with Gasteiger partial charge in [0.2, 0.25) is 0 Å². The van der Waals surface area contributed by atoms with Crippen molar-refractivity contribution >= 4 is 11.5 Å². The van der Waals surface area contributed by atoms with Crippen molar-refractivity contribution in [2.45, 2.75) is 12.8 Å². The summed E-state index contributed by atoms with van der Waals surface area (Å²) in [5, 5.41) is 0. The summed E-state index contributed by atoms with van der Waals surface area (Å²) in [5.41, 5.74) is 7.80. The van der Waals surface area contributed by atoms with E-state index in [-0.39, 0.29) is 18.0 Å². The largest absolute Gasteiger partial charge is 0.494 e. The lowest BCUT2D eigenvalue weighted by Gasteiger charge is -2.05. The van der Waals surface area contributed by atoms with Gasteiger partial charge >= 0.3 is 0 Å². The molecule has 104 valence electrons. The van der Waals surface area contributed by atoms with Crippen LogP contribution < -0.4 is 10.5 Å². The molecule has 0 unspecified atom stereocenters. The molecule has 0 amide bonds. The number of carbonyl (C=O) groups excluding carboxylic acids is 1. The highest BCUT2D eigenvalue weighted by molar-refractivity contribution is 5.83. The van der Waals surface area contributed by atoms with Crippen LogP contribution in [0.1, 0.15) is 11.1 Å². The van der Waals surface area contributed by atoms with Crippen LogP contribution in [0.15, 0.2) is 42.5 Å². The smallest absolute Gasteiger partial charge is 0.165 e. The first-order chi connectivity index (χ1) is 9.58. The van der Waals surface area contributed by atoms with Gasteiger partial charge in [-0.15, -0.1) is 0 Å². The van der Waals surface area contributed by atoms with Gasteiger partial charge in [-0.05, 0) is 35.4 Å². The van der Waals surface area contributed by atoms with Crippen LogP contribution >= 0.6 is 0 Å². The standard InChI is InChI=1S/C16H16FNO2/c1-20-16-7-4-12(10-15(16)17)9-14(19)8-11-2-5-13(18)6-3-11/h2-7,10H,8-9,18H2,1H3. The third kappa shape index (κ3) is 3.57. The highest BCUT2D eigenvalue weighted by Gasteiger charge is 2.08. The SMILES string of the molecule is COc1ccc(CC(=O)Cc2ccc(N)cc2)cc1F. The van der Waals surface area contributed by atoms with Crippen molar-refractivity contribution in [2.75, 3.05) is 12.8 Å². The zero-order chi connectivity index (χ0) is 14.5. The molecule has 0 spiro atoms. The molecule has 4 heteroatoms. The van der Waals surface area contributed by atoms with E-state index in [2.05, 4.69) is 0 Å². The Balaban J connectivity index is 2.01. The van der Waals surface area contributed by atoms with E-state index in [4.69, 9.17) is 10.5 Å². The lowest BCUT2D eigenvalue weighted by molar-refractivity contribution is -0.117. The number of anilines is 1. The lowest BCUT2D eigenvalue weighted by Crippen LogP contribution is -2.07. The molecule has 2 rings (SSSR count). The first-order valence-corrected chi connectivity index (χ1v) is 6.27. The predicted molar refractivity (Wildman–Crippen MR) is 76.2 cm³/mol. The van der Waals surface area contributed by atoms with Gasteiger partial charge in [-0.25, -0.2) is 4.39 Å². The molecule has 0 saturated carbocycles. The third-order valence-corrected chi connectivity index (χ3v) is 3.00. The number of nitrogens with two attached hydrogens (primary N) is 1. The van der Waals surface area contributed by atoms with Crippen molar-refractivity contribution in [3.05, 3.63) is 59.4 Å². The van der Waals surface area contributed by atoms with Crippen molar-refractivity contribution < 1.29 is 13.9 Å². The van der Waals surface area contributed by atoms with E-state index in [0.717, 1.165) is 5.56 Å². The van der Waals surface area contributed by atoms with E-state index < -0.39 is 5.82 Å². The molecule has 0 aliphatic rings.